The monoisotopic (exact) mass is 282 g/mol. The molecule has 114 valence electrons. The van der Waals surface area contributed by atoms with Crippen molar-refractivity contribution >= 4 is 11.9 Å². The van der Waals surface area contributed by atoms with Crippen molar-refractivity contribution < 1.29 is 14.7 Å². The van der Waals surface area contributed by atoms with Crippen LogP contribution in [0.25, 0.3) is 0 Å². The van der Waals surface area contributed by atoms with Crippen molar-refractivity contribution in [2.24, 2.45) is 11.3 Å². The van der Waals surface area contributed by atoms with Crippen LogP contribution in [-0.2, 0) is 9.59 Å². The van der Waals surface area contributed by atoms with Crippen LogP contribution in [0.15, 0.2) is 0 Å². The van der Waals surface area contributed by atoms with E-state index < -0.39 is 11.4 Å². The van der Waals surface area contributed by atoms with E-state index in [2.05, 4.69) is 11.8 Å². The minimum Gasteiger partial charge on any atom is -0.481 e. The first kappa shape index (κ1) is 15.3. The molecule has 1 aliphatic carbocycles. The first-order chi connectivity index (χ1) is 9.35. The van der Waals surface area contributed by atoms with Gasteiger partial charge in [0, 0.05) is 25.6 Å². The highest BCUT2D eigenvalue weighted by molar-refractivity contribution is 5.85. The molecule has 2 atom stereocenters. The molecular formula is C15H26N2O3. The maximum atomic E-state index is 12.5. The Balaban J connectivity index is 2.00. The second kappa shape index (κ2) is 5.72. The smallest absolute Gasteiger partial charge is 0.310 e. The summed E-state index contributed by atoms with van der Waals surface area (Å²) >= 11 is 0. The summed E-state index contributed by atoms with van der Waals surface area (Å²) < 4.78 is 0. The number of hydrogen-bond acceptors (Lipinski definition) is 3. The summed E-state index contributed by atoms with van der Waals surface area (Å²) in [5, 5.41) is 9.47. The van der Waals surface area contributed by atoms with Gasteiger partial charge >= 0.3 is 5.97 Å². The highest BCUT2D eigenvalue weighted by atomic mass is 16.4. The molecule has 2 rings (SSSR count). The molecule has 0 aromatic carbocycles. The molecule has 5 heteroatoms. The molecule has 1 saturated carbocycles. The summed E-state index contributed by atoms with van der Waals surface area (Å²) in [5.41, 5.74) is -0.795. The van der Waals surface area contributed by atoms with Gasteiger partial charge in [0.05, 0.1) is 5.41 Å². The molecule has 0 aromatic heterocycles. The normalized spacial score (nSPS) is 29.1. The minimum absolute atomic E-state index is 0.0190. The number of hydrogen-bond donors (Lipinski definition) is 1. The van der Waals surface area contributed by atoms with E-state index in [0.29, 0.717) is 24.8 Å². The Morgan fingerprint density at radius 3 is 2.30 bits per heavy atom. The molecule has 0 bridgehead atoms. The van der Waals surface area contributed by atoms with E-state index in [1.807, 2.05) is 19.0 Å². The van der Waals surface area contributed by atoms with Crippen LogP contribution in [0, 0.1) is 11.3 Å². The van der Waals surface area contributed by atoms with E-state index in [4.69, 9.17) is 0 Å². The van der Waals surface area contributed by atoms with Crippen molar-refractivity contribution in [1.29, 1.82) is 0 Å². The summed E-state index contributed by atoms with van der Waals surface area (Å²) in [6.07, 6.45) is 3.32. The van der Waals surface area contributed by atoms with Crippen LogP contribution in [0.4, 0.5) is 0 Å². The highest BCUT2D eigenvalue weighted by Crippen LogP contribution is 2.42. The number of amides is 1. The number of carbonyl (C=O) groups is 2. The fraction of sp³-hybridized carbons (Fsp3) is 0.867. The zero-order valence-corrected chi connectivity index (χ0v) is 12.8. The van der Waals surface area contributed by atoms with E-state index in [1.54, 1.807) is 0 Å². The Morgan fingerprint density at radius 1 is 1.25 bits per heavy atom. The van der Waals surface area contributed by atoms with Crippen molar-refractivity contribution in [3.63, 3.8) is 0 Å². The summed E-state index contributed by atoms with van der Waals surface area (Å²) in [5.74, 6) is -0.330. The van der Waals surface area contributed by atoms with Gasteiger partial charge in [0.2, 0.25) is 5.91 Å². The zero-order valence-electron chi connectivity index (χ0n) is 12.8. The lowest BCUT2D eigenvalue weighted by Gasteiger charge is -2.26. The lowest BCUT2D eigenvalue weighted by molar-refractivity contribution is -0.153. The van der Waals surface area contributed by atoms with Crippen molar-refractivity contribution in [1.82, 2.24) is 9.80 Å². The molecule has 1 heterocycles. The molecule has 2 fully saturated rings. The van der Waals surface area contributed by atoms with Crippen molar-refractivity contribution in [3.05, 3.63) is 0 Å². The summed E-state index contributed by atoms with van der Waals surface area (Å²) in [6, 6.07) is 0.378. The molecular weight excluding hydrogens is 256 g/mol. The maximum Gasteiger partial charge on any atom is 0.310 e. The average Bonchev–Trinajstić information content (AvgIpc) is 2.96. The van der Waals surface area contributed by atoms with Crippen LogP contribution < -0.4 is 0 Å². The van der Waals surface area contributed by atoms with E-state index in [1.165, 1.54) is 0 Å². The summed E-state index contributed by atoms with van der Waals surface area (Å²) in [4.78, 5) is 28.0. The third kappa shape index (κ3) is 2.82. The Morgan fingerprint density at radius 2 is 1.85 bits per heavy atom. The van der Waals surface area contributed by atoms with Gasteiger partial charge in [-0.25, -0.2) is 0 Å². The quantitative estimate of drug-likeness (QED) is 0.847. The number of carboxylic acids is 1. The molecule has 0 aromatic rings. The third-order valence-corrected chi connectivity index (χ3v) is 5.09. The first-order valence-electron chi connectivity index (χ1n) is 7.53. The van der Waals surface area contributed by atoms with Crippen LogP contribution in [0.2, 0.25) is 0 Å². The van der Waals surface area contributed by atoms with E-state index in [-0.39, 0.29) is 12.3 Å². The SMILES string of the molecule is CC1CN(C(=O)CC2(C(=O)O)CCCC2)CC1N(C)C. The van der Waals surface area contributed by atoms with E-state index in [9.17, 15) is 14.7 Å². The molecule has 1 amide bonds. The van der Waals surface area contributed by atoms with Gasteiger partial charge in [0.15, 0.2) is 0 Å². The highest BCUT2D eigenvalue weighted by Gasteiger charge is 2.45. The largest absolute Gasteiger partial charge is 0.481 e. The second-order valence-electron chi connectivity index (χ2n) is 6.78. The van der Waals surface area contributed by atoms with E-state index >= 15 is 0 Å². The Hall–Kier alpha value is -1.10. The molecule has 2 aliphatic rings. The summed E-state index contributed by atoms with van der Waals surface area (Å²) in [7, 11) is 4.07. The minimum atomic E-state index is -0.795. The second-order valence-corrected chi connectivity index (χ2v) is 6.78. The molecule has 20 heavy (non-hydrogen) atoms. The molecule has 5 nitrogen and oxygen atoms in total. The predicted molar refractivity (Wildman–Crippen MR) is 76.4 cm³/mol. The standard InChI is InChI=1S/C15H26N2O3/c1-11-9-17(10-12(11)16(2)3)13(18)8-15(14(19)20)6-4-5-7-15/h11-12H,4-10H2,1-3H3,(H,19,20). The Kier molecular flexibility index (Phi) is 4.37. The average molecular weight is 282 g/mol. The lowest BCUT2D eigenvalue weighted by atomic mass is 9.82. The first-order valence-corrected chi connectivity index (χ1v) is 7.53. The fourth-order valence-corrected chi connectivity index (χ4v) is 3.74. The van der Waals surface area contributed by atoms with Gasteiger partial charge in [0.1, 0.15) is 0 Å². The maximum absolute atomic E-state index is 12.5. The van der Waals surface area contributed by atoms with Gasteiger partial charge in [-0.15, -0.1) is 0 Å². The van der Waals surface area contributed by atoms with Crippen molar-refractivity contribution in [2.75, 3.05) is 27.2 Å². The van der Waals surface area contributed by atoms with Gasteiger partial charge < -0.3 is 14.9 Å². The number of likely N-dealkylation sites (N-methyl/N-ethyl adjacent to an activating group) is 1. The van der Waals surface area contributed by atoms with Gasteiger partial charge in [-0.05, 0) is 32.9 Å². The lowest BCUT2D eigenvalue weighted by Crippen LogP contribution is -2.39. The topological polar surface area (TPSA) is 60.9 Å². The number of aliphatic carboxylic acids is 1. The molecule has 0 spiro atoms. The zero-order chi connectivity index (χ0) is 14.9. The Labute approximate surface area is 120 Å². The number of nitrogens with zero attached hydrogens (tertiary/aromatic N) is 2. The molecule has 1 aliphatic heterocycles. The summed E-state index contributed by atoms with van der Waals surface area (Å²) in [6.45, 7) is 3.63. The molecule has 1 saturated heterocycles. The van der Waals surface area contributed by atoms with E-state index in [0.717, 1.165) is 25.9 Å². The van der Waals surface area contributed by atoms with Gasteiger partial charge in [0.25, 0.3) is 0 Å². The van der Waals surface area contributed by atoms with Crippen LogP contribution in [-0.4, -0.2) is 60.0 Å². The fourth-order valence-electron chi connectivity index (χ4n) is 3.74. The molecule has 0 radical (unpaired) electrons. The van der Waals surface area contributed by atoms with Crippen molar-refractivity contribution in [2.45, 2.75) is 45.1 Å². The van der Waals surface area contributed by atoms with Crippen LogP contribution in [0.1, 0.15) is 39.0 Å². The number of carboxylic acid groups (broad SMARTS) is 1. The van der Waals surface area contributed by atoms with Crippen LogP contribution in [0.5, 0.6) is 0 Å². The van der Waals surface area contributed by atoms with Gasteiger partial charge in [-0.3, -0.25) is 9.59 Å². The van der Waals surface area contributed by atoms with Crippen molar-refractivity contribution in [3.8, 4) is 0 Å². The third-order valence-electron chi connectivity index (χ3n) is 5.09. The number of carbonyl (C=O) groups excluding carboxylic acids is 1. The number of rotatable bonds is 4. The van der Waals surface area contributed by atoms with Gasteiger partial charge in [-0.2, -0.15) is 0 Å². The molecule has 2 unspecified atom stereocenters. The predicted octanol–water partition coefficient (Wildman–Crippen LogP) is 1.43. The van der Waals surface area contributed by atoms with Crippen LogP contribution in [0.3, 0.4) is 0 Å². The van der Waals surface area contributed by atoms with Gasteiger partial charge in [-0.1, -0.05) is 19.8 Å². The van der Waals surface area contributed by atoms with Crippen LogP contribution >= 0.6 is 0 Å². The Bertz CT molecular complexity index is 389. The molecule has 1 N–H and O–H groups in total. The number of likely N-dealkylation sites (tertiary alicyclic amines) is 1.